The van der Waals surface area contributed by atoms with Crippen LogP contribution in [-0.2, 0) is 17.6 Å². The van der Waals surface area contributed by atoms with Gasteiger partial charge in [0.25, 0.3) is 0 Å². The molecule has 1 aliphatic carbocycles. The van der Waals surface area contributed by atoms with Crippen molar-refractivity contribution in [2.24, 2.45) is 5.92 Å². The maximum Gasteiger partial charge on any atom is 0.227 e. The number of amides is 1. The van der Waals surface area contributed by atoms with Gasteiger partial charge >= 0.3 is 0 Å². The number of carbonyl (C=O) groups is 1. The molecule has 0 aliphatic heterocycles. The van der Waals surface area contributed by atoms with Gasteiger partial charge < -0.3 is 9.72 Å². The maximum atomic E-state index is 12.8. The Morgan fingerprint density at radius 2 is 2.12 bits per heavy atom. The lowest BCUT2D eigenvalue weighted by Gasteiger charge is -2.22. The summed E-state index contributed by atoms with van der Waals surface area (Å²) in [5, 5.41) is 3.68. The van der Waals surface area contributed by atoms with E-state index in [2.05, 4.69) is 35.0 Å². The van der Waals surface area contributed by atoms with Gasteiger partial charge in [0, 0.05) is 34.9 Å². The Bertz CT molecular complexity index is 976. The van der Waals surface area contributed by atoms with Crippen LogP contribution in [0.2, 0.25) is 5.02 Å². The molecule has 1 N–H and O–H groups in total. The number of anilines is 1. The third-order valence-corrected chi connectivity index (χ3v) is 5.20. The molecule has 1 aliphatic rings. The summed E-state index contributed by atoms with van der Waals surface area (Å²) in [6.45, 7) is 4.04. The monoisotopic (exact) mass is 353 g/mol. The number of halogens is 1. The van der Waals surface area contributed by atoms with E-state index < -0.39 is 0 Å². The van der Waals surface area contributed by atoms with Crippen LogP contribution in [-0.4, -0.2) is 15.3 Å². The first-order valence-corrected chi connectivity index (χ1v) is 8.92. The molecule has 0 radical (unpaired) electrons. The summed E-state index contributed by atoms with van der Waals surface area (Å²) in [5.41, 5.74) is 6.24. The van der Waals surface area contributed by atoms with E-state index in [1.807, 2.05) is 19.1 Å². The van der Waals surface area contributed by atoms with Gasteiger partial charge in [0.15, 0.2) is 0 Å². The molecule has 1 aromatic carbocycles. The highest BCUT2D eigenvalue weighted by Gasteiger charge is 2.28. The minimum atomic E-state index is -0.0490. The van der Waals surface area contributed by atoms with Crippen LogP contribution >= 0.6 is 11.6 Å². The molecule has 0 saturated carbocycles. The van der Waals surface area contributed by atoms with E-state index in [1.165, 1.54) is 5.56 Å². The largest absolute Gasteiger partial charge is 0.326 e. The number of benzene rings is 1. The highest BCUT2D eigenvalue weighted by molar-refractivity contribution is 6.31. The molecule has 0 spiro atoms. The topological polar surface area (TPSA) is 46.4 Å². The van der Waals surface area contributed by atoms with Crippen LogP contribution in [0.4, 0.5) is 5.69 Å². The second-order valence-corrected chi connectivity index (χ2v) is 7.26. The highest BCUT2D eigenvalue weighted by atomic mass is 35.5. The summed E-state index contributed by atoms with van der Waals surface area (Å²) in [6.07, 6.45) is 4.42. The zero-order valence-corrected chi connectivity index (χ0v) is 15.1. The average molecular weight is 354 g/mol. The van der Waals surface area contributed by atoms with Gasteiger partial charge in [-0.3, -0.25) is 4.79 Å². The van der Waals surface area contributed by atoms with Crippen molar-refractivity contribution in [1.82, 2.24) is 9.38 Å². The van der Waals surface area contributed by atoms with E-state index in [-0.39, 0.29) is 11.8 Å². The standard InChI is InChI=1S/C20H20ClN3O/c1-12-7-8-24-18-10-14(4-6-16(18)22-19(24)9-12)20(25)23-17-11-15(21)5-3-13(17)2/h3,5,7-9,11,14H,4,6,10H2,1-2H3,(H,23,25). The van der Waals surface area contributed by atoms with Gasteiger partial charge in [0.05, 0.1) is 5.69 Å². The van der Waals surface area contributed by atoms with Gasteiger partial charge in [0.1, 0.15) is 5.65 Å². The SMILES string of the molecule is Cc1ccn2c3c(nc2c1)CCC(C(=O)Nc1cc(Cl)ccc1C)C3. The number of fused-ring (bicyclic) bond motifs is 3. The smallest absolute Gasteiger partial charge is 0.227 e. The Hall–Kier alpha value is -2.33. The van der Waals surface area contributed by atoms with Crippen molar-refractivity contribution in [2.75, 3.05) is 5.32 Å². The molecular weight excluding hydrogens is 334 g/mol. The Labute approximate surface area is 151 Å². The zero-order valence-electron chi connectivity index (χ0n) is 14.3. The fourth-order valence-corrected chi connectivity index (χ4v) is 3.67. The Morgan fingerprint density at radius 3 is 2.96 bits per heavy atom. The molecule has 0 saturated heterocycles. The van der Waals surface area contributed by atoms with Crippen molar-refractivity contribution < 1.29 is 4.79 Å². The van der Waals surface area contributed by atoms with Crippen LogP contribution in [0.5, 0.6) is 0 Å². The number of pyridine rings is 1. The molecule has 4 nitrogen and oxygen atoms in total. The molecule has 4 rings (SSSR count). The molecule has 2 heterocycles. The Morgan fingerprint density at radius 1 is 1.28 bits per heavy atom. The quantitative estimate of drug-likeness (QED) is 0.744. The van der Waals surface area contributed by atoms with Crippen LogP contribution in [0.3, 0.4) is 0 Å². The molecule has 0 fully saturated rings. The molecule has 5 heteroatoms. The third kappa shape index (κ3) is 3.02. The number of carbonyl (C=O) groups excluding carboxylic acids is 1. The molecular formula is C20H20ClN3O. The predicted molar refractivity (Wildman–Crippen MR) is 100 cm³/mol. The Kier molecular flexibility index (Phi) is 4.00. The summed E-state index contributed by atoms with van der Waals surface area (Å²) < 4.78 is 2.12. The lowest BCUT2D eigenvalue weighted by molar-refractivity contribution is -0.120. The Balaban J connectivity index is 1.58. The number of rotatable bonds is 2. The van der Waals surface area contributed by atoms with E-state index in [4.69, 9.17) is 16.6 Å². The van der Waals surface area contributed by atoms with E-state index in [9.17, 15) is 4.79 Å². The van der Waals surface area contributed by atoms with Crippen molar-refractivity contribution >= 4 is 28.8 Å². The van der Waals surface area contributed by atoms with Crippen molar-refractivity contribution in [3.8, 4) is 0 Å². The first kappa shape index (κ1) is 16.2. The van der Waals surface area contributed by atoms with Crippen molar-refractivity contribution in [1.29, 1.82) is 0 Å². The number of hydrogen-bond donors (Lipinski definition) is 1. The number of aromatic nitrogens is 2. The molecule has 3 aromatic rings. The van der Waals surface area contributed by atoms with E-state index in [0.29, 0.717) is 11.4 Å². The second kappa shape index (κ2) is 6.19. The van der Waals surface area contributed by atoms with Gasteiger partial charge in [-0.2, -0.15) is 0 Å². The number of nitrogens with zero attached hydrogens (tertiary/aromatic N) is 2. The van der Waals surface area contributed by atoms with Gasteiger partial charge in [-0.1, -0.05) is 17.7 Å². The minimum Gasteiger partial charge on any atom is -0.326 e. The number of imidazole rings is 1. The van der Waals surface area contributed by atoms with E-state index in [1.54, 1.807) is 6.07 Å². The van der Waals surface area contributed by atoms with E-state index >= 15 is 0 Å². The average Bonchev–Trinajstić information content (AvgIpc) is 2.94. The van der Waals surface area contributed by atoms with Crippen molar-refractivity contribution in [3.63, 3.8) is 0 Å². The third-order valence-electron chi connectivity index (χ3n) is 4.96. The fraction of sp³-hybridized carbons (Fsp3) is 0.300. The summed E-state index contributed by atoms with van der Waals surface area (Å²) in [7, 11) is 0. The number of hydrogen-bond acceptors (Lipinski definition) is 2. The van der Waals surface area contributed by atoms with Crippen LogP contribution in [0.15, 0.2) is 36.5 Å². The highest BCUT2D eigenvalue weighted by Crippen LogP contribution is 2.28. The van der Waals surface area contributed by atoms with Gasteiger partial charge in [-0.15, -0.1) is 0 Å². The minimum absolute atomic E-state index is 0.0490. The first-order chi connectivity index (χ1) is 12.0. The van der Waals surface area contributed by atoms with Crippen LogP contribution < -0.4 is 5.32 Å². The molecule has 1 unspecified atom stereocenters. The number of nitrogens with one attached hydrogen (secondary N) is 1. The van der Waals surface area contributed by atoms with Gasteiger partial charge in [-0.25, -0.2) is 4.98 Å². The van der Waals surface area contributed by atoms with Crippen LogP contribution in [0.1, 0.15) is 28.9 Å². The van der Waals surface area contributed by atoms with E-state index in [0.717, 1.165) is 41.1 Å². The van der Waals surface area contributed by atoms with Crippen LogP contribution in [0, 0.1) is 19.8 Å². The first-order valence-electron chi connectivity index (χ1n) is 8.55. The molecule has 1 amide bonds. The van der Waals surface area contributed by atoms with Crippen molar-refractivity contribution in [3.05, 3.63) is 64.1 Å². The zero-order chi connectivity index (χ0) is 17.6. The second-order valence-electron chi connectivity index (χ2n) is 6.83. The molecule has 2 aromatic heterocycles. The summed E-state index contributed by atoms with van der Waals surface area (Å²) in [5.74, 6) is 0.00478. The van der Waals surface area contributed by atoms with Gasteiger partial charge in [-0.05, 0) is 62.1 Å². The predicted octanol–water partition coefficient (Wildman–Crippen LogP) is 4.35. The summed E-state index contributed by atoms with van der Waals surface area (Å²) in [4.78, 5) is 17.5. The number of aryl methyl sites for hydroxylation is 3. The van der Waals surface area contributed by atoms with Crippen molar-refractivity contribution in [2.45, 2.75) is 33.1 Å². The lowest BCUT2D eigenvalue weighted by Crippen LogP contribution is -2.28. The fourth-order valence-electron chi connectivity index (χ4n) is 3.50. The molecule has 25 heavy (non-hydrogen) atoms. The normalized spacial score (nSPS) is 16.7. The molecule has 0 bridgehead atoms. The summed E-state index contributed by atoms with van der Waals surface area (Å²) in [6, 6.07) is 9.72. The summed E-state index contributed by atoms with van der Waals surface area (Å²) >= 11 is 6.05. The lowest BCUT2D eigenvalue weighted by atomic mass is 9.89. The van der Waals surface area contributed by atoms with Crippen LogP contribution in [0.25, 0.3) is 5.65 Å². The maximum absolute atomic E-state index is 12.8. The molecule has 128 valence electrons. The molecule has 1 atom stereocenters. The van der Waals surface area contributed by atoms with Gasteiger partial charge in [0.2, 0.25) is 5.91 Å².